The summed E-state index contributed by atoms with van der Waals surface area (Å²) in [7, 11) is 1.55. The fourth-order valence-electron chi connectivity index (χ4n) is 8.13. The molecule has 3 unspecified atom stereocenters. The minimum absolute atomic E-state index is 0.0550. The van der Waals surface area contributed by atoms with E-state index >= 15 is 0 Å². The predicted molar refractivity (Wildman–Crippen MR) is 331 cm³/mol. The lowest BCUT2D eigenvalue weighted by Crippen LogP contribution is -2.45. The van der Waals surface area contributed by atoms with Crippen LogP contribution in [0.2, 0.25) is 0 Å². The van der Waals surface area contributed by atoms with Gasteiger partial charge in [0, 0.05) is 6.42 Å². The summed E-state index contributed by atoms with van der Waals surface area (Å²) in [4.78, 5) is 23.3. The molecular formula is C67H116N2O6P+. The van der Waals surface area contributed by atoms with Gasteiger partial charge in [0.25, 0.3) is 0 Å². The second-order valence-corrected chi connectivity index (χ2v) is 22.8. The van der Waals surface area contributed by atoms with E-state index in [0.717, 1.165) is 109 Å². The van der Waals surface area contributed by atoms with Crippen LogP contribution >= 0.6 is 7.82 Å². The molecule has 76 heavy (non-hydrogen) atoms. The summed E-state index contributed by atoms with van der Waals surface area (Å²) in [6.45, 7) is 4.68. The molecule has 9 heteroatoms. The highest BCUT2D eigenvalue weighted by Gasteiger charge is 2.27. The summed E-state index contributed by atoms with van der Waals surface area (Å²) in [5.41, 5.74) is 0. The Balaban J connectivity index is 4.08. The Labute approximate surface area is 468 Å². The Bertz CT molecular complexity index is 1700. The molecule has 0 heterocycles. The molecule has 0 aromatic heterocycles. The second-order valence-electron chi connectivity index (χ2n) is 21.3. The maximum Gasteiger partial charge on any atom is 0.472 e. The summed E-state index contributed by atoms with van der Waals surface area (Å²) >= 11 is 0. The van der Waals surface area contributed by atoms with Crippen LogP contribution in [-0.4, -0.2) is 73.4 Å². The second kappa shape index (κ2) is 56.4. The Kier molecular flexibility index (Phi) is 53.9. The Morgan fingerprint density at radius 3 is 1.16 bits per heavy atom. The lowest BCUT2D eigenvalue weighted by molar-refractivity contribution is -0.870. The number of amides is 1. The number of phosphoric ester groups is 1. The smallest absolute Gasteiger partial charge is 0.387 e. The van der Waals surface area contributed by atoms with Crippen LogP contribution in [0.1, 0.15) is 232 Å². The van der Waals surface area contributed by atoms with Crippen molar-refractivity contribution in [3.05, 3.63) is 134 Å². The van der Waals surface area contributed by atoms with E-state index in [2.05, 4.69) is 141 Å². The van der Waals surface area contributed by atoms with Crippen LogP contribution in [0.5, 0.6) is 0 Å². The van der Waals surface area contributed by atoms with Gasteiger partial charge in [-0.05, 0) is 96.3 Å². The van der Waals surface area contributed by atoms with Crippen molar-refractivity contribution < 1.29 is 32.9 Å². The van der Waals surface area contributed by atoms with Crippen LogP contribution in [-0.2, 0) is 18.4 Å². The third kappa shape index (κ3) is 58.3. The van der Waals surface area contributed by atoms with Crippen molar-refractivity contribution in [2.75, 3.05) is 40.9 Å². The van der Waals surface area contributed by atoms with E-state index in [1.165, 1.54) is 103 Å². The molecule has 0 saturated carbocycles. The van der Waals surface area contributed by atoms with Crippen molar-refractivity contribution >= 4 is 13.7 Å². The summed E-state index contributed by atoms with van der Waals surface area (Å²) < 4.78 is 23.7. The highest BCUT2D eigenvalue weighted by atomic mass is 31.2. The number of hydrogen-bond acceptors (Lipinski definition) is 5. The van der Waals surface area contributed by atoms with Gasteiger partial charge in [0.05, 0.1) is 39.9 Å². The molecule has 1 amide bonds. The number of unbranched alkanes of at least 4 members (excludes halogenated alkanes) is 21. The maximum absolute atomic E-state index is 13.0. The van der Waals surface area contributed by atoms with E-state index in [9.17, 15) is 19.4 Å². The van der Waals surface area contributed by atoms with Gasteiger partial charge < -0.3 is 19.8 Å². The number of rotatable bonds is 54. The van der Waals surface area contributed by atoms with Crippen LogP contribution in [0.25, 0.3) is 0 Å². The zero-order valence-corrected chi connectivity index (χ0v) is 50.3. The lowest BCUT2D eigenvalue weighted by atomic mass is 10.0. The van der Waals surface area contributed by atoms with Crippen LogP contribution in [0, 0.1) is 0 Å². The van der Waals surface area contributed by atoms with Gasteiger partial charge in [-0.3, -0.25) is 13.8 Å². The molecule has 0 fully saturated rings. The molecule has 0 rings (SSSR count). The third-order valence-corrected chi connectivity index (χ3v) is 13.9. The molecule has 3 atom stereocenters. The number of hydrogen-bond donors (Lipinski definition) is 3. The lowest BCUT2D eigenvalue weighted by Gasteiger charge is -2.25. The highest BCUT2D eigenvalue weighted by molar-refractivity contribution is 7.47. The number of nitrogens with one attached hydrogen (secondary N) is 1. The Hall–Kier alpha value is -3.36. The predicted octanol–water partition coefficient (Wildman–Crippen LogP) is 19.1. The highest BCUT2D eigenvalue weighted by Crippen LogP contribution is 2.43. The van der Waals surface area contributed by atoms with Crippen molar-refractivity contribution in [1.82, 2.24) is 5.32 Å². The molecule has 0 radical (unpaired) electrons. The number of quaternary nitrogens is 1. The Morgan fingerprint density at radius 2 is 0.789 bits per heavy atom. The number of carbonyl (C=O) groups excluding carboxylic acids is 1. The van der Waals surface area contributed by atoms with Gasteiger partial charge in [0.2, 0.25) is 5.91 Å². The number of nitrogens with zero attached hydrogens (tertiary/aromatic N) is 1. The van der Waals surface area contributed by atoms with E-state index in [1.807, 2.05) is 27.2 Å². The van der Waals surface area contributed by atoms with Crippen LogP contribution in [0.3, 0.4) is 0 Å². The summed E-state index contributed by atoms with van der Waals surface area (Å²) in [6, 6.07) is -0.856. The molecule has 0 aliphatic rings. The number of allylic oxidation sites excluding steroid dienone is 21. The maximum atomic E-state index is 13.0. The molecule has 0 aliphatic carbocycles. The van der Waals surface area contributed by atoms with Crippen LogP contribution < -0.4 is 5.32 Å². The molecule has 0 aliphatic heterocycles. The van der Waals surface area contributed by atoms with E-state index in [-0.39, 0.29) is 19.1 Å². The van der Waals surface area contributed by atoms with E-state index < -0.39 is 20.0 Å². The molecule has 0 spiro atoms. The van der Waals surface area contributed by atoms with E-state index in [1.54, 1.807) is 6.08 Å². The number of phosphoric acid groups is 1. The Morgan fingerprint density at radius 1 is 0.461 bits per heavy atom. The van der Waals surface area contributed by atoms with Crippen molar-refractivity contribution in [1.29, 1.82) is 0 Å². The summed E-state index contributed by atoms with van der Waals surface area (Å²) in [5, 5.41) is 13.9. The third-order valence-electron chi connectivity index (χ3n) is 12.9. The number of aliphatic hydroxyl groups is 1. The van der Waals surface area contributed by atoms with Gasteiger partial charge in [-0.2, -0.15) is 0 Å². The topological polar surface area (TPSA) is 105 Å². The van der Waals surface area contributed by atoms with Crippen LogP contribution in [0.4, 0.5) is 0 Å². The van der Waals surface area contributed by atoms with Gasteiger partial charge in [0.15, 0.2) is 0 Å². The molecule has 0 bridgehead atoms. The molecule has 8 nitrogen and oxygen atoms in total. The first-order valence-corrected chi connectivity index (χ1v) is 32.1. The molecule has 3 N–H and O–H groups in total. The van der Waals surface area contributed by atoms with E-state index in [0.29, 0.717) is 17.4 Å². The van der Waals surface area contributed by atoms with Gasteiger partial charge in [0.1, 0.15) is 13.2 Å². The standard InChI is InChI=1S/C67H115N2O6P/c1-6-8-10-12-14-16-18-20-21-22-23-24-25-26-27-28-29-30-31-32-33-34-35-36-37-38-39-40-41-42-43-44-45-46-47-49-51-53-55-57-59-61-67(71)68-65(64-75-76(72,73)74-63-62-69(3,4)5)66(70)60-58-56-54-52-50-48-19-17-15-13-11-9-7-2/h8,10,14,16,20-21,23-24,26-27,29-30,32-33,35-36,38-39,41-42,58,60,65-66,70H,6-7,9,11-13,15,17-19,22,25,28,31,34,37,40,43-57,59,61-64H2,1-5H3,(H-,68,71,72,73)/p+1/b10-8-,16-14-,21-20-,24-23-,27-26-,30-29-,33-32-,36-35-,39-38-,42-41-,60-58+. The number of carbonyl (C=O) groups is 1. The summed E-state index contributed by atoms with van der Waals surface area (Å²) in [5.74, 6) is -0.187. The van der Waals surface area contributed by atoms with Gasteiger partial charge in [-0.25, -0.2) is 4.57 Å². The first-order valence-electron chi connectivity index (χ1n) is 30.6. The van der Waals surface area contributed by atoms with Crippen molar-refractivity contribution in [2.24, 2.45) is 0 Å². The normalized spacial score (nSPS) is 14.8. The minimum atomic E-state index is -4.35. The zero-order valence-electron chi connectivity index (χ0n) is 49.4. The molecule has 434 valence electrons. The molecule has 0 saturated heterocycles. The average Bonchev–Trinajstić information content (AvgIpc) is 3.38. The van der Waals surface area contributed by atoms with E-state index in [4.69, 9.17) is 9.05 Å². The average molecular weight is 1080 g/mol. The monoisotopic (exact) mass is 1080 g/mol. The fraction of sp³-hybridized carbons (Fsp3) is 0.657. The van der Waals surface area contributed by atoms with Gasteiger partial charge in [-0.15, -0.1) is 0 Å². The molecule has 0 aromatic carbocycles. The molecule has 0 aromatic rings. The van der Waals surface area contributed by atoms with Gasteiger partial charge >= 0.3 is 7.82 Å². The van der Waals surface area contributed by atoms with Gasteiger partial charge in [-0.1, -0.05) is 263 Å². The van der Waals surface area contributed by atoms with Crippen molar-refractivity contribution in [3.63, 3.8) is 0 Å². The minimum Gasteiger partial charge on any atom is -0.387 e. The summed E-state index contributed by atoms with van der Waals surface area (Å²) in [6.07, 6.45) is 85.6. The largest absolute Gasteiger partial charge is 0.472 e. The SMILES string of the molecule is CC/C=C\C/C=C\C/C=C\C/C=C\C/C=C\C/C=C\C/C=C\C/C=C\C/C=C\C/C=C\CCCCCCCCCCCCC(=O)NC(COP(=O)(O)OCC[N+](C)(C)C)C(O)/C=C/CCCCCCCCCCCCC. The first-order chi connectivity index (χ1) is 37.0. The number of aliphatic hydroxyl groups excluding tert-OH is 1. The quantitative estimate of drug-likeness (QED) is 0.0243. The molecular weight excluding hydrogens is 960 g/mol. The fourth-order valence-corrected chi connectivity index (χ4v) is 8.86. The van der Waals surface area contributed by atoms with Crippen LogP contribution in [0.15, 0.2) is 134 Å². The zero-order chi connectivity index (χ0) is 55.6. The van der Waals surface area contributed by atoms with Crippen molar-refractivity contribution in [2.45, 2.75) is 244 Å². The number of likely N-dealkylation sites (N-methyl/N-ethyl adjacent to an activating group) is 1. The van der Waals surface area contributed by atoms with Crippen molar-refractivity contribution in [3.8, 4) is 0 Å². The first kappa shape index (κ1) is 72.6.